The average Bonchev–Trinajstić information content (AvgIpc) is 2.33. The molecule has 146 valence electrons. The van der Waals surface area contributed by atoms with Crippen LogP contribution in [0, 0.1) is 0 Å². The third-order valence-electron chi connectivity index (χ3n) is 2.98. The standard InChI is InChI=1S/C10H10F12O2/c1-6(24,8(15,16)5(12)10(20,21)22)2-3(23)7(13,14)4(11)9(17,18)19/h3-5,23-24H,2H2,1H3. The molecule has 0 amide bonds. The molecule has 0 saturated carbocycles. The summed E-state index contributed by atoms with van der Waals surface area (Å²) in [6.07, 6.45) is -29.2. The second-order valence-electron chi connectivity index (χ2n) is 5.10. The van der Waals surface area contributed by atoms with E-state index in [0.717, 1.165) is 0 Å². The maximum absolute atomic E-state index is 13.3. The van der Waals surface area contributed by atoms with Crippen molar-refractivity contribution in [2.45, 2.75) is 61.6 Å². The summed E-state index contributed by atoms with van der Waals surface area (Å²) in [6, 6.07) is 0. The summed E-state index contributed by atoms with van der Waals surface area (Å²) in [5.74, 6) is -11.6. The zero-order valence-electron chi connectivity index (χ0n) is 11.4. The van der Waals surface area contributed by atoms with E-state index >= 15 is 0 Å². The predicted molar refractivity (Wildman–Crippen MR) is 53.0 cm³/mol. The lowest BCUT2D eigenvalue weighted by molar-refractivity contribution is -0.305. The molecule has 0 aliphatic carbocycles. The zero-order valence-corrected chi connectivity index (χ0v) is 11.4. The highest BCUT2D eigenvalue weighted by atomic mass is 19.4. The topological polar surface area (TPSA) is 40.5 Å². The highest BCUT2D eigenvalue weighted by Gasteiger charge is 2.68. The van der Waals surface area contributed by atoms with Gasteiger partial charge in [0.05, 0.1) is 0 Å². The van der Waals surface area contributed by atoms with Gasteiger partial charge in [0, 0.05) is 6.42 Å². The number of alkyl halides is 12. The summed E-state index contributed by atoms with van der Waals surface area (Å²) < 4.78 is 149. The number of hydrogen-bond donors (Lipinski definition) is 2. The Bertz CT molecular complexity index is 427. The molecule has 0 aliphatic heterocycles. The van der Waals surface area contributed by atoms with E-state index in [4.69, 9.17) is 10.2 Å². The molecule has 2 nitrogen and oxygen atoms in total. The molecule has 0 aliphatic rings. The van der Waals surface area contributed by atoms with Gasteiger partial charge in [-0.25, -0.2) is 17.6 Å². The molecule has 0 radical (unpaired) electrons. The van der Waals surface area contributed by atoms with Crippen LogP contribution in [0.1, 0.15) is 13.3 Å². The Balaban J connectivity index is 5.49. The normalized spacial score (nSPS) is 21.1. The van der Waals surface area contributed by atoms with Gasteiger partial charge in [0.15, 0.2) is 0 Å². The van der Waals surface area contributed by atoms with Gasteiger partial charge in [0.25, 0.3) is 12.3 Å². The van der Waals surface area contributed by atoms with Gasteiger partial charge in [-0.3, -0.25) is 0 Å². The van der Waals surface area contributed by atoms with Crippen LogP contribution >= 0.6 is 0 Å². The first-order chi connectivity index (χ1) is 10.2. The van der Waals surface area contributed by atoms with Gasteiger partial charge in [-0.15, -0.1) is 0 Å². The maximum Gasteiger partial charge on any atom is 0.425 e. The van der Waals surface area contributed by atoms with Crippen molar-refractivity contribution in [2.24, 2.45) is 0 Å². The summed E-state index contributed by atoms with van der Waals surface area (Å²) in [7, 11) is 0. The number of hydrogen-bond acceptors (Lipinski definition) is 2. The molecule has 0 rings (SSSR count). The van der Waals surface area contributed by atoms with Gasteiger partial charge in [-0.05, 0) is 6.92 Å². The van der Waals surface area contributed by atoms with Gasteiger partial charge in [-0.2, -0.15) is 35.1 Å². The van der Waals surface area contributed by atoms with E-state index in [2.05, 4.69) is 0 Å². The summed E-state index contributed by atoms with van der Waals surface area (Å²) >= 11 is 0. The van der Waals surface area contributed by atoms with E-state index in [1.54, 1.807) is 0 Å². The van der Waals surface area contributed by atoms with Crippen LogP contribution in [0.3, 0.4) is 0 Å². The van der Waals surface area contributed by atoms with Gasteiger partial charge in [0.2, 0.25) is 0 Å². The van der Waals surface area contributed by atoms with Crippen molar-refractivity contribution in [3.05, 3.63) is 0 Å². The molecule has 24 heavy (non-hydrogen) atoms. The lowest BCUT2D eigenvalue weighted by atomic mass is 9.85. The SMILES string of the molecule is CC(O)(CC(O)C(F)(F)C(F)C(F)(F)F)C(F)(F)C(F)C(F)(F)F. The molecule has 0 aromatic rings. The van der Waals surface area contributed by atoms with Gasteiger partial charge in [0.1, 0.15) is 11.7 Å². The Kier molecular flexibility index (Phi) is 6.18. The monoisotopic (exact) mass is 390 g/mol. The molecule has 4 atom stereocenters. The van der Waals surface area contributed by atoms with E-state index in [1.807, 2.05) is 0 Å². The van der Waals surface area contributed by atoms with E-state index in [0.29, 0.717) is 0 Å². The largest absolute Gasteiger partial charge is 0.425 e. The van der Waals surface area contributed by atoms with Crippen molar-refractivity contribution < 1.29 is 62.9 Å². The fourth-order valence-electron chi connectivity index (χ4n) is 1.51. The van der Waals surface area contributed by atoms with Crippen molar-refractivity contribution in [2.75, 3.05) is 0 Å². The van der Waals surface area contributed by atoms with Crippen LogP contribution < -0.4 is 0 Å². The van der Waals surface area contributed by atoms with Gasteiger partial charge < -0.3 is 10.2 Å². The van der Waals surface area contributed by atoms with Crippen molar-refractivity contribution in [3.63, 3.8) is 0 Å². The first kappa shape index (κ1) is 23.1. The third kappa shape index (κ3) is 4.58. The Morgan fingerprint density at radius 1 is 0.750 bits per heavy atom. The minimum atomic E-state index is -6.25. The fraction of sp³-hybridized carbons (Fsp3) is 1.00. The molecular formula is C10H10F12O2. The molecule has 14 heteroatoms. The van der Waals surface area contributed by atoms with E-state index in [-0.39, 0.29) is 6.92 Å². The lowest BCUT2D eigenvalue weighted by Gasteiger charge is -2.38. The zero-order chi connectivity index (χ0) is 19.9. The van der Waals surface area contributed by atoms with E-state index in [9.17, 15) is 52.7 Å². The highest BCUT2D eigenvalue weighted by molar-refractivity contribution is 5.01. The molecule has 0 aromatic heterocycles. The second-order valence-corrected chi connectivity index (χ2v) is 5.10. The quantitative estimate of drug-likeness (QED) is 0.681. The third-order valence-corrected chi connectivity index (χ3v) is 2.98. The Morgan fingerprint density at radius 2 is 1.08 bits per heavy atom. The second kappa shape index (κ2) is 6.42. The van der Waals surface area contributed by atoms with Crippen LogP contribution in [-0.2, 0) is 0 Å². The van der Waals surface area contributed by atoms with Crippen molar-refractivity contribution in [3.8, 4) is 0 Å². The van der Waals surface area contributed by atoms with Crippen molar-refractivity contribution in [1.29, 1.82) is 0 Å². The Hall–Kier alpha value is -0.920. The van der Waals surface area contributed by atoms with Crippen molar-refractivity contribution in [1.82, 2.24) is 0 Å². The molecular weight excluding hydrogens is 380 g/mol. The smallest absolute Gasteiger partial charge is 0.387 e. The van der Waals surface area contributed by atoms with Crippen LogP contribution in [0.15, 0.2) is 0 Å². The Labute approximate surface area is 126 Å². The number of aliphatic hydroxyl groups is 2. The predicted octanol–water partition coefficient (Wildman–Crippen LogP) is 3.56. The minimum absolute atomic E-state index is 0.328. The number of halogens is 12. The summed E-state index contributed by atoms with van der Waals surface area (Å²) in [4.78, 5) is 0. The summed E-state index contributed by atoms with van der Waals surface area (Å²) in [5.41, 5.74) is -4.38. The molecule has 0 saturated heterocycles. The van der Waals surface area contributed by atoms with Crippen LogP contribution in [0.2, 0.25) is 0 Å². The summed E-state index contributed by atoms with van der Waals surface area (Å²) in [5, 5.41) is 17.9. The Morgan fingerprint density at radius 3 is 1.38 bits per heavy atom. The van der Waals surface area contributed by atoms with Gasteiger partial charge >= 0.3 is 24.2 Å². The first-order valence-corrected chi connectivity index (χ1v) is 5.76. The van der Waals surface area contributed by atoms with Crippen LogP contribution in [0.25, 0.3) is 0 Å². The van der Waals surface area contributed by atoms with E-state index in [1.165, 1.54) is 0 Å². The van der Waals surface area contributed by atoms with Gasteiger partial charge in [-0.1, -0.05) is 0 Å². The maximum atomic E-state index is 13.3. The fourth-order valence-corrected chi connectivity index (χ4v) is 1.51. The van der Waals surface area contributed by atoms with Crippen molar-refractivity contribution >= 4 is 0 Å². The molecule has 0 bridgehead atoms. The van der Waals surface area contributed by atoms with Crippen LogP contribution in [0.5, 0.6) is 0 Å². The molecule has 0 spiro atoms. The van der Waals surface area contributed by atoms with E-state index < -0.39 is 54.7 Å². The number of rotatable bonds is 6. The molecule has 4 unspecified atom stereocenters. The minimum Gasteiger partial charge on any atom is -0.387 e. The summed E-state index contributed by atoms with van der Waals surface area (Å²) in [6.45, 7) is -0.328. The van der Waals surface area contributed by atoms with Crippen LogP contribution in [0.4, 0.5) is 52.7 Å². The molecule has 0 fully saturated rings. The highest BCUT2D eigenvalue weighted by Crippen LogP contribution is 2.46. The lowest BCUT2D eigenvalue weighted by Crippen LogP contribution is -2.60. The average molecular weight is 390 g/mol. The first-order valence-electron chi connectivity index (χ1n) is 5.76. The number of aliphatic hydroxyl groups excluding tert-OH is 1. The molecule has 0 heterocycles. The molecule has 2 N–H and O–H groups in total. The van der Waals surface area contributed by atoms with Crippen LogP contribution in [-0.4, -0.2) is 58.5 Å². The molecule has 0 aromatic carbocycles.